The van der Waals surface area contributed by atoms with Crippen LogP contribution in [-0.2, 0) is 6.42 Å². The largest absolute Gasteiger partial charge is 0.497 e. The summed E-state index contributed by atoms with van der Waals surface area (Å²) in [5.74, 6) is -0.307. The molecule has 0 unspecified atom stereocenters. The number of methoxy groups -OCH3 is 1. The van der Waals surface area contributed by atoms with Crippen molar-refractivity contribution in [3.05, 3.63) is 58.7 Å². The van der Waals surface area contributed by atoms with Crippen LogP contribution in [0.1, 0.15) is 23.6 Å². The summed E-state index contributed by atoms with van der Waals surface area (Å²) in [5, 5.41) is 0. The van der Waals surface area contributed by atoms with Crippen LogP contribution in [0.2, 0.25) is 0 Å². The fourth-order valence-electron chi connectivity index (χ4n) is 2.30. The summed E-state index contributed by atoms with van der Waals surface area (Å²) >= 11 is 0. The zero-order chi connectivity index (χ0) is 17.7. The van der Waals surface area contributed by atoms with Gasteiger partial charge in [0.25, 0.3) is 0 Å². The molecule has 0 heterocycles. The van der Waals surface area contributed by atoms with Crippen molar-refractivity contribution < 1.29 is 13.5 Å². The van der Waals surface area contributed by atoms with E-state index in [0.717, 1.165) is 23.2 Å². The lowest BCUT2D eigenvalue weighted by atomic mass is 9.99. The second kappa shape index (κ2) is 7.90. The number of hydrogen-bond acceptors (Lipinski definition) is 2. The molecule has 2 aromatic rings. The molecule has 0 saturated carbocycles. The first-order chi connectivity index (χ1) is 11.4. The first-order valence-corrected chi connectivity index (χ1v) is 7.79. The monoisotopic (exact) mass is 332 g/mol. The van der Waals surface area contributed by atoms with E-state index < -0.39 is 0 Å². The number of halogens is 2. The molecule has 0 aliphatic heterocycles. The van der Waals surface area contributed by atoms with E-state index in [0.29, 0.717) is 17.9 Å². The molecular weight excluding hydrogens is 310 g/mol. The highest BCUT2D eigenvalue weighted by Crippen LogP contribution is 2.25. The van der Waals surface area contributed by atoms with Gasteiger partial charge < -0.3 is 9.64 Å². The summed E-state index contributed by atoms with van der Waals surface area (Å²) in [4.78, 5) is 6.04. The minimum atomic E-state index is -0.389. The van der Waals surface area contributed by atoms with Gasteiger partial charge in [0.1, 0.15) is 23.1 Å². The first kappa shape index (κ1) is 17.9. The Hall–Kier alpha value is -2.43. The SMILES string of the molecule is CCN(C)C=Nc1cc(C)c(Cc2cc(F)cc(OC)c2)cc1F. The molecule has 128 valence electrons. The molecule has 2 aromatic carbocycles. The van der Waals surface area contributed by atoms with Crippen molar-refractivity contribution in [2.24, 2.45) is 4.99 Å². The number of ether oxygens (including phenoxy) is 1. The molecule has 0 bridgehead atoms. The Balaban J connectivity index is 2.28. The van der Waals surface area contributed by atoms with Gasteiger partial charge >= 0.3 is 0 Å². The third-order valence-corrected chi connectivity index (χ3v) is 3.86. The fourth-order valence-corrected chi connectivity index (χ4v) is 2.30. The Kier molecular flexibility index (Phi) is 5.90. The van der Waals surface area contributed by atoms with E-state index in [4.69, 9.17) is 4.74 Å². The quantitative estimate of drug-likeness (QED) is 0.575. The Morgan fingerprint density at radius 3 is 2.58 bits per heavy atom. The van der Waals surface area contributed by atoms with E-state index in [1.54, 1.807) is 18.5 Å². The smallest absolute Gasteiger partial charge is 0.149 e. The molecule has 0 aromatic heterocycles. The minimum absolute atomic E-state index is 0.299. The van der Waals surface area contributed by atoms with Crippen molar-refractivity contribution in [2.75, 3.05) is 20.7 Å². The highest BCUT2D eigenvalue weighted by Gasteiger charge is 2.09. The molecule has 0 radical (unpaired) electrons. The van der Waals surface area contributed by atoms with Crippen LogP contribution in [0.25, 0.3) is 0 Å². The molecule has 0 spiro atoms. The average molecular weight is 332 g/mol. The molecular formula is C19H22F2N2O. The Labute approximate surface area is 141 Å². The lowest BCUT2D eigenvalue weighted by molar-refractivity contribution is 0.410. The van der Waals surface area contributed by atoms with E-state index in [1.807, 2.05) is 25.8 Å². The van der Waals surface area contributed by atoms with Gasteiger partial charge in [-0.15, -0.1) is 0 Å². The molecule has 0 fully saturated rings. The van der Waals surface area contributed by atoms with Crippen molar-refractivity contribution in [3.63, 3.8) is 0 Å². The lowest BCUT2D eigenvalue weighted by Gasteiger charge is -2.11. The molecule has 0 amide bonds. The number of aliphatic imine (C=N–C) groups is 1. The third kappa shape index (κ3) is 4.54. The van der Waals surface area contributed by atoms with Gasteiger partial charge in [0.05, 0.1) is 13.4 Å². The van der Waals surface area contributed by atoms with E-state index in [2.05, 4.69) is 4.99 Å². The molecule has 5 heteroatoms. The maximum atomic E-state index is 14.3. The second-order valence-corrected chi connectivity index (χ2v) is 5.72. The zero-order valence-corrected chi connectivity index (χ0v) is 14.4. The topological polar surface area (TPSA) is 24.8 Å². The predicted molar refractivity (Wildman–Crippen MR) is 93.4 cm³/mol. The maximum Gasteiger partial charge on any atom is 0.149 e. The normalized spacial score (nSPS) is 11.1. The molecule has 0 aliphatic rings. The van der Waals surface area contributed by atoms with Crippen LogP contribution in [-0.4, -0.2) is 31.9 Å². The molecule has 0 aliphatic carbocycles. The molecule has 3 nitrogen and oxygen atoms in total. The minimum Gasteiger partial charge on any atom is -0.497 e. The average Bonchev–Trinajstić information content (AvgIpc) is 2.55. The summed E-state index contributed by atoms with van der Waals surface area (Å²) in [6.45, 7) is 4.68. The molecule has 0 atom stereocenters. The van der Waals surface area contributed by atoms with Crippen LogP contribution in [0.5, 0.6) is 5.75 Å². The van der Waals surface area contributed by atoms with Crippen molar-refractivity contribution in [1.82, 2.24) is 4.90 Å². The Morgan fingerprint density at radius 2 is 1.92 bits per heavy atom. The van der Waals surface area contributed by atoms with Crippen molar-refractivity contribution in [1.29, 1.82) is 0 Å². The molecule has 24 heavy (non-hydrogen) atoms. The predicted octanol–water partition coefficient (Wildman–Crippen LogP) is 4.48. The number of rotatable bonds is 6. The van der Waals surface area contributed by atoms with E-state index in [-0.39, 0.29) is 11.6 Å². The summed E-state index contributed by atoms with van der Waals surface area (Å²) in [7, 11) is 3.36. The van der Waals surface area contributed by atoms with E-state index in [9.17, 15) is 8.78 Å². The Bertz CT molecular complexity index is 744. The highest BCUT2D eigenvalue weighted by molar-refractivity contribution is 5.62. The standard InChI is InChI=1S/C19H22F2N2O/c1-5-23(3)12-22-19-6-13(2)15(10-18(19)21)7-14-8-16(20)11-17(9-14)24-4/h6,8-12H,5,7H2,1-4H3. The van der Waals surface area contributed by atoms with Gasteiger partial charge in [-0.05, 0) is 61.2 Å². The van der Waals surface area contributed by atoms with Gasteiger partial charge in [0.15, 0.2) is 0 Å². The van der Waals surface area contributed by atoms with Crippen LogP contribution in [0.3, 0.4) is 0 Å². The summed E-state index contributed by atoms with van der Waals surface area (Å²) in [5.41, 5.74) is 2.73. The maximum absolute atomic E-state index is 14.3. The van der Waals surface area contributed by atoms with Gasteiger partial charge in [-0.25, -0.2) is 13.8 Å². The van der Waals surface area contributed by atoms with Crippen molar-refractivity contribution in [3.8, 4) is 5.75 Å². The van der Waals surface area contributed by atoms with Gasteiger partial charge in [0, 0.05) is 19.7 Å². The fraction of sp³-hybridized carbons (Fsp3) is 0.316. The number of aryl methyl sites for hydroxylation is 1. The van der Waals surface area contributed by atoms with Crippen LogP contribution < -0.4 is 4.74 Å². The molecule has 2 rings (SSSR count). The van der Waals surface area contributed by atoms with Crippen molar-refractivity contribution >= 4 is 12.0 Å². The van der Waals surface area contributed by atoms with Crippen LogP contribution in [0.15, 0.2) is 35.3 Å². The second-order valence-electron chi connectivity index (χ2n) is 5.72. The number of hydrogen-bond donors (Lipinski definition) is 0. The summed E-state index contributed by atoms with van der Waals surface area (Å²) < 4.78 is 32.9. The van der Waals surface area contributed by atoms with E-state index >= 15 is 0 Å². The first-order valence-electron chi connectivity index (χ1n) is 7.79. The van der Waals surface area contributed by atoms with Gasteiger partial charge in [-0.1, -0.05) is 0 Å². The van der Waals surface area contributed by atoms with E-state index in [1.165, 1.54) is 25.3 Å². The van der Waals surface area contributed by atoms with Crippen LogP contribution >= 0.6 is 0 Å². The molecule has 0 N–H and O–H groups in total. The van der Waals surface area contributed by atoms with Gasteiger partial charge in [0.2, 0.25) is 0 Å². The summed E-state index contributed by atoms with van der Waals surface area (Å²) in [6, 6.07) is 7.68. The number of nitrogens with zero attached hydrogens (tertiary/aromatic N) is 2. The van der Waals surface area contributed by atoms with Gasteiger partial charge in [-0.3, -0.25) is 0 Å². The van der Waals surface area contributed by atoms with Crippen molar-refractivity contribution in [2.45, 2.75) is 20.3 Å². The Morgan fingerprint density at radius 1 is 1.17 bits per heavy atom. The number of benzene rings is 2. The highest BCUT2D eigenvalue weighted by atomic mass is 19.1. The van der Waals surface area contributed by atoms with Crippen LogP contribution in [0.4, 0.5) is 14.5 Å². The molecule has 0 saturated heterocycles. The zero-order valence-electron chi connectivity index (χ0n) is 14.4. The summed E-state index contributed by atoms with van der Waals surface area (Å²) in [6.07, 6.45) is 2.03. The van der Waals surface area contributed by atoms with Crippen LogP contribution in [0, 0.1) is 18.6 Å². The van der Waals surface area contributed by atoms with Gasteiger partial charge in [-0.2, -0.15) is 0 Å². The lowest BCUT2D eigenvalue weighted by Crippen LogP contribution is -2.14. The third-order valence-electron chi connectivity index (χ3n) is 3.86.